The van der Waals surface area contributed by atoms with Gasteiger partial charge in [0.25, 0.3) is 5.91 Å². The van der Waals surface area contributed by atoms with E-state index in [1.165, 1.54) is 21.1 Å². The number of ether oxygens (including phenoxy) is 4. The van der Waals surface area contributed by atoms with Crippen LogP contribution in [0.2, 0.25) is 0 Å². The SMILES string of the molecule is COc1ccccc1NC(=O)C1C(=O)CC(C)(O)C(C(=O)Nc2ccccc2OC)C1c1ccc(OCC(=O)N2CCOCC2)cc1. The van der Waals surface area contributed by atoms with Gasteiger partial charge in [0.1, 0.15) is 28.9 Å². The number of carbonyl (C=O) groups is 4. The molecule has 47 heavy (non-hydrogen) atoms. The number of anilines is 2. The molecule has 4 unspecified atom stereocenters. The van der Waals surface area contributed by atoms with Gasteiger partial charge in [-0.05, 0) is 48.9 Å². The van der Waals surface area contributed by atoms with E-state index in [2.05, 4.69) is 10.6 Å². The molecular formula is C35H39N3O9. The summed E-state index contributed by atoms with van der Waals surface area (Å²) in [5.41, 5.74) is -0.636. The van der Waals surface area contributed by atoms with Gasteiger partial charge in [-0.3, -0.25) is 19.2 Å². The van der Waals surface area contributed by atoms with E-state index in [9.17, 15) is 24.3 Å². The smallest absolute Gasteiger partial charge is 0.260 e. The summed E-state index contributed by atoms with van der Waals surface area (Å²) in [4.78, 5) is 56.0. The average Bonchev–Trinajstić information content (AvgIpc) is 3.07. The van der Waals surface area contributed by atoms with Gasteiger partial charge < -0.3 is 39.6 Å². The molecule has 1 aliphatic carbocycles. The van der Waals surface area contributed by atoms with Crippen LogP contribution in [-0.4, -0.2) is 86.2 Å². The number of carbonyl (C=O) groups excluding carboxylic acids is 4. The maximum Gasteiger partial charge on any atom is 0.260 e. The van der Waals surface area contributed by atoms with Gasteiger partial charge in [0.2, 0.25) is 11.8 Å². The molecule has 5 rings (SSSR count). The van der Waals surface area contributed by atoms with Gasteiger partial charge in [0.15, 0.2) is 6.61 Å². The van der Waals surface area contributed by atoms with Crippen LogP contribution in [0.15, 0.2) is 72.8 Å². The first-order valence-electron chi connectivity index (χ1n) is 15.3. The lowest BCUT2D eigenvalue weighted by atomic mass is 9.61. The number of nitrogens with zero attached hydrogens (tertiary/aromatic N) is 1. The van der Waals surface area contributed by atoms with E-state index in [1.54, 1.807) is 77.7 Å². The number of amides is 3. The molecule has 12 heteroatoms. The minimum absolute atomic E-state index is 0.174. The molecule has 3 aromatic carbocycles. The number of morpholine rings is 1. The van der Waals surface area contributed by atoms with Crippen molar-refractivity contribution in [2.45, 2.75) is 24.9 Å². The van der Waals surface area contributed by atoms with E-state index < -0.39 is 47.4 Å². The van der Waals surface area contributed by atoms with Gasteiger partial charge in [-0.15, -0.1) is 0 Å². The van der Waals surface area contributed by atoms with Crippen molar-refractivity contribution in [3.63, 3.8) is 0 Å². The highest BCUT2D eigenvalue weighted by atomic mass is 16.5. The maximum absolute atomic E-state index is 14.1. The fourth-order valence-corrected chi connectivity index (χ4v) is 6.24. The Bertz CT molecular complexity index is 1600. The number of benzene rings is 3. The predicted octanol–water partition coefficient (Wildman–Crippen LogP) is 3.26. The second kappa shape index (κ2) is 14.7. The number of hydrogen-bond donors (Lipinski definition) is 3. The molecule has 1 saturated heterocycles. The standard InChI is InChI=1S/C35H39N3O9/c1-35(43)20-26(39)31(33(41)36-24-8-4-6-10-27(24)44-2)30(32(35)34(42)37-25-9-5-7-11-28(25)45-3)22-12-14-23(15-13-22)47-21-29(40)38-16-18-46-19-17-38/h4-15,30-32,43H,16-21H2,1-3H3,(H,36,41)(H,37,42). The highest BCUT2D eigenvalue weighted by Gasteiger charge is 2.56. The third kappa shape index (κ3) is 7.55. The van der Waals surface area contributed by atoms with Gasteiger partial charge in [-0.1, -0.05) is 36.4 Å². The van der Waals surface area contributed by atoms with Gasteiger partial charge in [-0.25, -0.2) is 0 Å². The number of methoxy groups -OCH3 is 2. The van der Waals surface area contributed by atoms with Crippen molar-refractivity contribution in [1.29, 1.82) is 0 Å². The fourth-order valence-electron chi connectivity index (χ4n) is 6.24. The predicted molar refractivity (Wildman–Crippen MR) is 173 cm³/mol. The number of nitrogens with one attached hydrogen (secondary N) is 2. The Balaban J connectivity index is 1.48. The molecule has 248 valence electrons. The van der Waals surface area contributed by atoms with Gasteiger partial charge >= 0.3 is 0 Å². The first kappa shape index (κ1) is 33.4. The summed E-state index contributed by atoms with van der Waals surface area (Å²) >= 11 is 0. The highest BCUT2D eigenvalue weighted by Crippen LogP contribution is 2.47. The quantitative estimate of drug-likeness (QED) is 0.282. The Morgan fingerprint density at radius 3 is 2.00 bits per heavy atom. The van der Waals surface area contributed by atoms with Crippen LogP contribution in [0.4, 0.5) is 11.4 Å². The van der Waals surface area contributed by atoms with E-state index in [1.807, 2.05) is 0 Å². The molecule has 3 N–H and O–H groups in total. The van der Waals surface area contributed by atoms with Crippen LogP contribution >= 0.6 is 0 Å². The lowest BCUT2D eigenvalue weighted by Gasteiger charge is -2.44. The zero-order valence-electron chi connectivity index (χ0n) is 26.6. The number of aliphatic hydroxyl groups is 1. The first-order valence-corrected chi connectivity index (χ1v) is 15.3. The summed E-state index contributed by atoms with van der Waals surface area (Å²) in [6.45, 7) is 3.18. The molecule has 3 aromatic rings. The van der Waals surface area contributed by atoms with Crippen LogP contribution in [-0.2, 0) is 23.9 Å². The molecule has 3 amide bonds. The lowest BCUT2D eigenvalue weighted by molar-refractivity contribution is -0.151. The Morgan fingerprint density at radius 1 is 0.872 bits per heavy atom. The summed E-state index contributed by atoms with van der Waals surface area (Å²) < 4.78 is 21.8. The minimum Gasteiger partial charge on any atom is -0.495 e. The molecule has 1 saturated carbocycles. The van der Waals surface area contributed by atoms with Crippen molar-refractivity contribution in [3.05, 3.63) is 78.4 Å². The summed E-state index contributed by atoms with van der Waals surface area (Å²) in [5, 5.41) is 17.3. The van der Waals surface area contributed by atoms with Crippen molar-refractivity contribution in [2.75, 3.05) is 57.8 Å². The molecule has 0 spiro atoms. The van der Waals surface area contributed by atoms with Crippen LogP contribution in [0.25, 0.3) is 0 Å². The molecule has 4 atom stereocenters. The van der Waals surface area contributed by atoms with Crippen molar-refractivity contribution in [3.8, 4) is 17.2 Å². The molecule has 0 bridgehead atoms. The Morgan fingerprint density at radius 2 is 1.43 bits per heavy atom. The number of rotatable bonds is 10. The number of Topliss-reactive ketones (excluding diaryl/α,β-unsaturated/α-hetero) is 1. The summed E-state index contributed by atoms with van der Waals surface area (Å²) in [7, 11) is 2.94. The van der Waals surface area contributed by atoms with Crippen LogP contribution < -0.4 is 24.8 Å². The van der Waals surface area contributed by atoms with Gasteiger partial charge in [0, 0.05) is 25.4 Å². The maximum atomic E-state index is 14.1. The van der Waals surface area contributed by atoms with Crippen LogP contribution in [0.3, 0.4) is 0 Å². The molecular weight excluding hydrogens is 606 g/mol. The molecule has 2 fully saturated rings. The van der Waals surface area contributed by atoms with Crippen molar-refractivity contribution in [2.24, 2.45) is 11.8 Å². The first-order chi connectivity index (χ1) is 22.6. The van der Waals surface area contributed by atoms with Crippen molar-refractivity contribution in [1.82, 2.24) is 4.90 Å². The minimum atomic E-state index is -1.81. The summed E-state index contributed by atoms with van der Waals surface area (Å²) in [6.07, 6.45) is -0.428. The van der Waals surface area contributed by atoms with Crippen LogP contribution in [0.5, 0.6) is 17.2 Å². The van der Waals surface area contributed by atoms with Crippen molar-refractivity contribution < 1.29 is 43.2 Å². The molecule has 0 radical (unpaired) electrons. The third-order valence-electron chi connectivity index (χ3n) is 8.55. The van der Waals surface area contributed by atoms with E-state index in [0.717, 1.165) is 0 Å². The van der Waals surface area contributed by atoms with Gasteiger partial charge in [-0.2, -0.15) is 0 Å². The Hall–Kier alpha value is -4.94. The number of ketones is 1. The van der Waals surface area contributed by atoms with Crippen LogP contribution in [0.1, 0.15) is 24.8 Å². The number of para-hydroxylation sites is 4. The van der Waals surface area contributed by atoms with E-state index in [-0.39, 0.29) is 12.5 Å². The van der Waals surface area contributed by atoms with Crippen LogP contribution in [0, 0.1) is 11.8 Å². The van der Waals surface area contributed by atoms with E-state index >= 15 is 0 Å². The Kier molecular flexibility index (Phi) is 10.4. The molecule has 12 nitrogen and oxygen atoms in total. The monoisotopic (exact) mass is 645 g/mol. The molecule has 0 aromatic heterocycles. The highest BCUT2D eigenvalue weighted by molar-refractivity contribution is 6.11. The zero-order valence-corrected chi connectivity index (χ0v) is 26.6. The zero-order chi connectivity index (χ0) is 33.6. The molecule has 1 heterocycles. The second-order valence-electron chi connectivity index (χ2n) is 11.7. The largest absolute Gasteiger partial charge is 0.495 e. The Labute approximate surface area is 272 Å². The van der Waals surface area contributed by atoms with Crippen molar-refractivity contribution >= 4 is 34.9 Å². The summed E-state index contributed by atoms with van der Waals surface area (Å²) in [6, 6.07) is 20.1. The van der Waals surface area contributed by atoms with E-state index in [4.69, 9.17) is 18.9 Å². The van der Waals surface area contributed by atoms with E-state index in [0.29, 0.717) is 60.5 Å². The molecule has 1 aliphatic heterocycles. The number of hydrogen-bond acceptors (Lipinski definition) is 9. The average molecular weight is 646 g/mol. The second-order valence-corrected chi connectivity index (χ2v) is 11.7. The van der Waals surface area contributed by atoms with Gasteiger partial charge in [0.05, 0.1) is 50.3 Å². The molecule has 2 aliphatic rings. The summed E-state index contributed by atoms with van der Waals surface area (Å²) in [5.74, 6) is -4.42. The third-order valence-corrected chi connectivity index (χ3v) is 8.55. The topological polar surface area (TPSA) is 153 Å². The fraction of sp³-hybridized carbons (Fsp3) is 0.371. The normalized spacial score (nSPS) is 22.6. The lowest BCUT2D eigenvalue weighted by Crippen LogP contribution is -2.56.